The van der Waals surface area contributed by atoms with Crippen molar-refractivity contribution in [1.82, 2.24) is 20.0 Å². The molecule has 0 N–H and O–H groups in total. The van der Waals surface area contributed by atoms with Gasteiger partial charge in [0.15, 0.2) is 0 Å². The zero-order valence-corrected chi connectivity index (χ0v) is 13.2. The molecule has 0 saturated carbocycles. The second-order valence-electron chi connectivity index (χ2n) is 4.96. The first-order valence-electron chi connectivity index (χ1n) is 6.47. The summed E-state index contributed by atoms with van der Waals surface area (Å²) in [6.45, 7) is 0.828. The van der Waals surface area contributed by atoms with Gasteiger partial charge in [-0.2, -0.15) is 0 Å². The average molecular weight is 321 g/mol. The molecule has 0 amide bonds. The molecule has 0 saturated heterocycles. The fourth-order valence-corrected chi connectivity index (χ4v) is 2.51. The van der Waals surface area contributed by atoms with Crippen LogP contribution < -0.4 is 0 Å². The monoisotopic (exact) mass is 320 g/mol. The molecule has 1 aromatic heterocycles. The predicted octanol–water partition coefficient (Wildman–Crippen LogP) is 3.58. The number of hydrogen-bond acceptors (Lipinski definition) is 4. The summed E-state index contributed by atoms with van der Waals surface area (Å²) in [5, 5.41) is 5.21. The summed E-state index contributed by atoms with van der Waals surface area (Å²) in [4.78, 5) is 8.69. The van der Waals surface area contributed by atoms with Crippen LogP contribution in [-0.2, 0) is 0 Å². The van der Waals surface area contributed by atoms with Gasteiger partial charge >= 0.3 is 0 Å². The van der Waals surface area contributed by atoms with E-state index < -0.39 is 0 Å². The lowest BCUT2D eigenvalue weighted by molar-refractivity contribution is 0.118. The first-order valence-corrected chi connectivity index (χ1v) is 7.22. The number of rotatable bonds is 2. The van der Waals surface area contributed by atoms with E-state index in [0.29, 0.717) is 10.0 Å². The molecule has 0 unspecified atom stereocenters. The summed E-state index contributed by atoms with van der Waals surface area (Å²) in [6, 6.07) is 7.47. The van der Waals surface area contributed by atoms with E-state index in [1.807, 2.05) is 37.3 Å². The van der Waals surface area contributed by atoms with Crippen LogP contribution in [0.4, 0.5) is 0 Å². The molecule has 0 fully saturated rings. The number of aromatic nitrogens is 2. The van der Waals surface area contributed by atoms with Crippen LogP contribution in [0, 0.1) is 0 Å². The number of hydrazine groups is 1. The smallest absolute Gasteiger partial charge is 0.116 e. The summed E-state index contributed by atoms with van der Waals surface area (Å²) < 4.78 is 0. The van der Waals surface area contributed by atoms with E-state index in [0.717, 1.165) is 29.1 Å². The van der Waals surface area contributed by atoms with Crippen molar-refractivity contribution in [2.45, 2.75) is 0 Å². The van der Waals surface area contributed by atoms with E-state index in [2.05, 4.69) is 21.2 Å². The Labute approximate surface area is 133 Å². The van der Waals surface area contributed by atoms with Crippen LogP contribution in [0.3, 0.4) is 0 Å². The van der Waals surface area contributed by atoms with Crippen molar-refractivity contribution in [3.05, 3.63) is 52.5 Å². The second kappa shape index (κ2) is 5.64. The number of benzene rings is 1. The lowest BCUT2D eigenvalue weighted by atomic mass is 10.1. The van der Waals surface area contributed by atoms with Crippen LogP contribution in [0.2, 0.25) is 10.0 Å². The standard InChI is InChI=1S/C15H14Cl2N4/c1-20-7-11(8-21(20)2)15-6-14(18-9-19-15)10-3-4-12(16)13(17)5-10/h3-7,9H,8H2,1-2H3. The topological polar surface area (TPSA) is 32.3 Å². The Morgan fingerprint density at radius 2 is 1.76 bits per heavy atom. The Bertz CT molecular complexity index is 715. The molecule has 2 aromatic rings. The van der Waals surface area contributed by atoms with Gasteiger partial charge in [-0.05, 0) is 18.2 Å². The summed E-state index contributed by atoms with van der Waals surface area (Å²) in [6.07, 6.45) is 3.65. The Morgan fingerprint density at radius 1 is 1.00 bits per heavy atom. The maximum absolute atomic E-state index is 6.07. The Balaban J connectivity index is 1.97. The third kappa shape index (κ3) is 2.88. The van der Waals surface area contributed by atoms with Gasteiger partial charge in [-0.1, -0.05) is 29.3 Å². The summed E-state index contributed by atoms with van der Waals surface area (Å²) in [5.41, 5.74) is 3.83. The van der Waals surface area contributed by atoms with Gasteiger partial charge < -0.3 is 5.01 Å². The van der Waals surface area contributed by atoms with E-state index in [9.17, 15) is 0 Å². The SMILES string of the molecule is CN1C=C(c2cc(-c3ccc(Cl)c(Cl)c3)ncn2)CN1C. The van der Waals surface area contributed by atoms with Gasteiger partial charge in [0.1, 0.15) is 6.33 Å². The third-order valence-electron chi connectivity index (χ3n) is 3.49. The van der Waals surface area contributed by atoms with Crippen molar-refractivity contribution in [3.63, 3.8) is 0 Å². The van der Waals surface area contributed by atoms with E-state index in [-0.39, 0.29) is 0 Å². The van der Waals surface area contributed by atoms with Crippen molar-refractivity contribution in [2.24, 2.45) is 0 Å². The van der Waals surface area contributed by atoms with Crippen LogP contribution in [0.25, 0.3) is 16.8 Å². The van der Waals surface area contributed by atoms with Gasteiger partial charge in [0.25, 0.3) is 0 Å². The molecular weight excluding hydrogens is 307 g/mol. The van der Waals surface area contributed by atoms with E-state index in [1.54, 1.807) is 12.4 Å². The Kier molecular flexibility index (Phi) is 3.85. The minimum atomic E-state index is 0.522. The minimum Gasteiger partial charge on any atom is -0.316 e. The Morgan fingerprint density at radius 3 is 2.43 bits per heavy atom. The molecule has 3 rings (SSSR count). The molecule has 0 bridgehead atoms. The number of halogens is 2. The number of hydrogen-bond donors (Lipinski definition) is 0. The fraction of sp³-hybridized carbons (Fsp3) is 0.200. The van der Waals surface area contributed by atoms with Crippen LogP contribution >= 0.6 is 23.2 Å². The first-order chi connectivity index (χ1) is 10.0. The Hall–Kier alpha value is -1.62. The average Bonchev–Trinajstić information content (AvgIpc) is 2.82. The quantitative estimate of drug-likeness (QED) is 0.846. The highest BCUT2D eigenvalue weighted by Crippen LogP contribution is 2.29. The van der Waals surface area contributed by atoms with Crippen LogP contribution in [0.15, 0.2) is 36.8 Å². The van der Waals surface area contributed by atoms with Crippen molar-refractivity contribution >= 4 is 28.8 Å². The van der Waals surface area contributed by atoms with Crippen molar-refractivity contribution in [3.8, 4) is 11.3 Å². The minimum absolute atomic E-state index is 0.522. The van der Waals surface area contributed by atoms with E-state index >= 15 is 0 Å². The predicted molar refractivity (Wildman–Crippen MR) is 85.9 cm³/mol. The molecule has 6 heteroatoms. The largest absolute Gasteiger partial charge is 0.316 e. The summed E-state index contributed by atoms with van der Waals surface area (Å²) in [7, 11) is 4.04. The zero-order valence-electron chi connectivity index (χ0n) is 11.7. The lowest BCUT2D eigenvalue weighted by Crippen LogP contribution is -2.27. The van der Waals surface area contributed by atoms with Crippen LogP contribution in [0.1, 0.15) is 5.69 Å². The molecule has 1 aromatic carbocycles. The lowest BCUT2D eigenvalue weighted by Gasteiger charge is -2.18. The second-order valence-corrected chi connectivity index (χ2v) is 5.78. The molecule has 0 spiro atoms. The van der Waals surface area contributed by atoms with Crippen molar-refractivity contribution < 1.29 is 0 Å². The molecule has 1 aliphatic heterocycles. The van der Waals surface area contributed by atoms with Crippen LogP contribution in [-0.4, -0.2) is 40.6 Å². The van der Waals surface area contributed by atoms with Crippen molar-refractivity contribution in [1.29, 1.82) is 0 Å². The van der Waals surface area contributed by atoms with Gasteiger partial charge in [0.2, 0.25) is 0 Å². The van der Waals surface area contributed by atoms with Gasteiger partial charge in [-0.15, -0.1) is 0 Å². The van der Waals surface area contributed by atoms with Gasteiger partial charge in [-0.25, -0.2) is 15.0 Å². The van der Waals surface area contributed by atoms with E-state index in [4.69, 9.17) is 23.2 Å². The highest BCUT2D eigenvalue weighted by Gasteiger charge is 2.17. The number of nitrogens with zero attached hydrogens (tertiary/aromatic N) is 4. The number of likely N-dealkylation sites (N-methyl/N-ethyl adjacent to an activating group) is 1. The highest BCUT2D eigenvalue weighted by molar-refractivity contribution is 6.42. The molecule has 21 heavy (non-hydrogen) atoms. The third-order valence-corrected chi connectivity index (χ3v) is 4.23. The molecule has 4 nitrogen and oxygen atoms in total. The normalized spacial score (nSPS) is 15.4. The molecule has 0 radical (unpaired) electrons. The molecule has 0 aliphatic carbocycles. The molecule has 2 heterocycles. The van der Waals surface area contributed by atoms with E-state index in [1.165, 1.54) is 0 Å². The fourth-order valence-electron chi connectivity index (χ4n) is 2.22. The highest BCUT2D eigenvalue weighted by atomic mass is 35.5. The zero-order chi connectivity index (χ0) is 15.0. The first kappa shape index (κ1) is 14.3. The molecule has 108 valence electrons. The maximum atomic E-state index is 6.07. The molecule has 0 atom stereocenters. The van der Waals surface area contributed by atoms with Gasteiger partial charge in [-0.3, -0.25) is 0 Å². The molecular formula is C15H14Cl2N4. The van der Waals surface area contributed by atoms with Crippen molar-refractivity contribution in [2.75, 3.05) is 20.6 Å². The summed E-state index contributed by atoms with van der Waals surface area (Å²) in [5.74, 6) is 0. The maximum Gasteiger partial charge on any atom is 0.116 e. The van der Waals surface area contributed by atoms with Gasteiger partial charge in [0, 0.05) is 38.0 Å². The van der Waals surface area contributed by atoms with Gasteiger partial charge in [0.05, 0.1) is 21.4 Å². The van der Waals surface area contributed by atoms with Crippen LogP contribution in [0.5, 0.6) is 0 Å². The molecule has 1 aliphatic rings. The summed E-state index contributed by atoms with van der Waals surface area (Å²) >= 11 is 12.0.